The number of benzene rings is 2. The van der Waals surface area contributed by atoms with Crippen molar-refractivity contribution in [3.05, 3.63) is 77.1 Å². The quantitative estimate of drug-likeness (QED) is 0.139. The fourth-order valence-corrected chi connectivity index (χ4v) is 8.30. The van der Waals surface area contributed by atoms with Crippen LogP contribution in [0.15, 0.2) is 53.7 Å². The molecular weight excluding hydrogens is 766 g/mol. The number of hydrogen-bond acceptors (Lipinski definition) is 11. The molecule has 0 aliphatic carbocycles. The van der Waals surface area contributed by atoms with Crippen LogP contribution in [0.4, 0.5) is 35.9 Å². The number of hydrogen-bond donors (Lipinski definition) is 4. The number of fused-ring (bicyclic) bond motifs is 7. The molecule has 4 aromatic rings. The van der Waals surface area contributed by atoms with Gasteiger partial charge in [-0.25, -0.2) is 17.9 Å². The number of carbonyl (C=O) groups is 3. The summed E-state index contributed by atoms with van der Waals surface area (Å²) >= 11 is 0. The highest BCUT2D eigenvalue weighted by molar-refractivity contribution is 6.19. The number of ether oxygens (including phenoxy) is 1. The van der Waals surface area contributed by atoms with E-state index >= 15 is 13.2 Å². The molecule has 4 atom stereocenters. The number of nitrogens with one attached hydrogen (secondary N) is 4. The average molecular weight is 813 g/mol. The highest BCUT2D eigenvalue weighted by atomic mass is 19.1. The van der Waals surface area contributed by atoms with Crippen molar-refractivity contribution < 1.29 is 32.3 Å². The van der Waals surface area contributed by atoms with Gasteiger partial charge in [-0.3, -0.25) is 24.7 Å². The summed E-state index contributed by atoms with van der Waals surface area (Å²) in [5.74, 6) is -3.22. The second-order valence-electron chi connectivity index (χ2n) is 15.7. The lowest BCUT2D eigenvalue weighted by molar-refractivity contribution is -0.134. The minimum absolute atomic E-state index is 0.000593. The number of amides is 3. The molecule has 2 bridgehead atoms. The first kappa shape index (κ1) is 39.8. The molecule has 3 amide bonds. The zero-order valence-corrected chi connectivity index (χ0v) is 33.2. The van der Waals surface area contributed by atoms with Crippen molar-refractivity contribution in [2.45, 2.75) is 64.1 Å². The molecule has 4 N–H and O–H groups in total. The van der Waals surface area contributed by atoms with E-state index in [4.69, 9.17) is 4.74 Å². The Labute approximate surface area is 339 Å². The molecule has 0 unspecified atom stereocenters. The van der Waals surface area contributed by atoms with Gasteiger partial charge in [-0.05, 0) is 81.0 Å². The molecule has 2 aromatic heterocycles. The number of aryl methyl sites for hydroxylation is 2. The summed E-state index contributed by atoms with van der Waals surface area (Å²) in [6.07, 6.45) is 2.51. The van der Waals surface area contributed by atoms with Crippen molar-refractivity contribution in [3.63, 3.8) is 0 Å². The third-order valence-electron chi connectivity index (χ3n) is 11.4. The van der Waals surface area contributed by atoms with Crippen molar-refractivity contribution in [1.82, 2.24) is 25.4 Å². The van der Waals surface area contributed by atoms with Gasteiger partial charge in [0.05, 0.1) is 47.9 Å². The van der Waals surface area contributed by atoms with E-state index in [2.05, 4.69) is 43.3 Å². The van der Waals surface area contributed by atoms with Gasteiger partial charge in [-0.1, -0.05) is 6.92 Å². The molecule has 2 aromatic carbocycles. The molecule has 0 saturated carbocycles. The maximum absolute atomic E-state index is 15.5. The summed E-state index contributed by atoms with van der Waals surface area (Å²) in [7, 11) is 1.82. The van der Waals surface area contributed by atoms with E-state index in [1.165, 1.54) is 0 Å². The second-order valence-corrected chi connectivity index (χ2v) is 15.7. The Balaban J connectivity index is 0.897. The number of imide groups is 1. The van der Waals surface area contributed by atoms with Gasteiger partial charge in [0.15, 0.2) is 0 Å². The van der Waals surface area contributed by atoms with E-state index < -0.39 is 47.5 Å². The predicted molar refractivity (Wildman–Crippen MR) is 218 cm³/mol. The molecule has 4 aliphatic rings. The molecule has 4 aliphatic heterocycles. The molecule has 14 nitrogen and oxygen atoms in total. The number of guanidine groups is 1. The first-order valence-corrected chi connectivity index (χ1v) is 20.1. The Morgan fingerprint density at radius 2 is 1.80 bits per heavy atom. The van der Waals surface area contributed by atoms with Gasteiger partial charge in [0.1, 0.15) is 17.8 Å². The smallest absolute Gasteiger partial charge is 0.280 e. The Morgan fingerprint density at radius 1 is 0.983 bits per heavy atom. The summed E-state index contributed by atoms with van der Waals surface area (Å²) < 4.78 is 53.7. The molecule has 0 radical (unpaired) electrons. The molecule has 8 rings (SSSR count). The van der Waals surface area contributed by atoms with Crippen LogP contribution >= 0.6 is 0 Å². The summed E-state index contributed by atoms with van der Waals surface area (Å²) in [5, 5.41) is 16.6. The monoisotopic (exact) mass is 812 g/mol. The zero-order valence-electron chi connectivity index (χ0n) is 33.2. The van der Waals surface area contributed by atoms with Crippen LogP contribution < -0.4 is 35.8 Å². The summed E-state index contributed by atoms with van der Waals surface area (Å²) in [6, 6.07) is 11.1. The van der Waals surface area contributed by atoms with E-state index in [1.807, 2.05) is 37.1 Å². The predicted octanol–water partition coefficient (Wildman–Crippen LogP) is 5.44. The van der Waals surface area contributed by atoms with E-state index in [0.717, 1.165) is 42.0 Å². The SMILES string of the molecule is Cc1cc2cc(n1)-c1cnn(C)c1OCCC[C@@H](C)CN1/C(=N/C2=O)Nc2ccc(NCCN[C@H]3CCN(c4cc(F)c([C@H]5CCC(=O)NC5=O)c(F)c4)C[C@@H]3F)cc21. The highest BCUT2D eigenvalue weighted by Gasteiger charge is 2.35. The van der Waals surface area contributed by atoms with Crippen LogP contribution in [0.5, 0.6) is 5.88 Å². The fraction of sp³-hybridized carbons (Fsp3) is 0.429. The molecule has 310 valence electrons. The minimum atomic E-state index is -1.30. The van der Waals surface area contributed by atoms with Crippen LogP contribution in [0.2, 0.25) is 0 Å². The summed E-state index contributed by atoms with van der Waals surface area (Å²) in [6.45, 7) is 6.37. The molecule has 6 heterocycles. The first-order chi connectivity index (χ1) is 28.4. The van der Waals surface area contributed by atoms with E-state index in [9.17, 15) is 14.4 Å². The van der Waals surface area contributed by atoms with E-state index in [-0.39, 0.29) is 36.6 Å². The lowest BCUT2D eigenvalue weighted by Gasteiger charge is -2.37. The number of carbonyl (C=O) groups excluding carboxylic acids is 3. The molecule has 0 spiro atoms. The number of piperidine rings is 2. The second kappa shape index (κ2) is 16.7. The number of aliphatic imine (C=N–C) groups is 1. The Bertz CT molecular complexity index is 2290. The number of halogens is 3. The van der Waals surface area contributed by atoms with Crippen LogP contribution in [0.3, 0.4) is 0 Å². The zero-order chi connectivity index (χ0) is 41.4. The highest BCUT2D eigenvalue weighted by Crippen LogP contribution is 2.37. The number of alkyl halides is 1. The lowest BCUT2D eigenvalue weighted by Crippen LogP contribution is -2.51. The van der Waals surface area contributed by atoms with E-state index in [0.29, 0.717) is 73.6 Å². The molecule has 2 fully saturated rings. The van der Waals surface area contributed by atoms with Gasteiger partial charge in [0.2, 0.25) is 23.7 Å². The maximum Gasteiger partial charge on any atom is 0.280 e. The minimum Gasteiger partial charge on any atom is -0.477 e. The number of aromatic nitrogens is 3. The number of nitrogens with zero attached hydrogens (tertiary/aromatic N) is 6. The maximum atomic E-state index is 15.5. The summed E-state index contributed by atoms with van der Waals surface area (Å²) in [5.41, 5.74) is 4.73. The average Bonchev–Trinajstić information content (AvgIpc) is 3.73. The van der Waals surface area contributed by atoms with Gasteiger partial charge in [0, 0.05) is 73.9 Å². The molecule has 17 heteroatoms. The van der Waals surface area contributed by atoms with Crippen LogP contribution in [-0.2, 0) is 16.6 Å². The number of pyridine rings is 1. The van der Waals surface area contributed by atoms with Crippen LogP contribution in [0.1, 0.15) is 66.6 Å². The standard InChI is InChI=1S/C42H47F3N10O4/c1-23-5-4-14-59-41-29(20-48-53(41)3)35-16-25(15-24(2)49-35)39(57)52-42-50-34-8-6-26(17-36(34)55(42)21-23)46-11-12-47-33-10-13-54(22-32(33)45)27-18-30(43)38(31(44)19-27)28-7-9-37(56)51-40(28)58/h6,8,15-20,23,28,32-33,46-47H,4-5,7,9-14,21-22H2,1-3H3,(H,50,52,57)(H,51,56,58)/t23-,28-,32+,33+/m1/s1. The van der Waals surface area contributed by atoms with Crippen molar-refractivity contribution in [3.8, 4) is 17.1 Å². The van der Waals surface area contributed by atoms with Crippen molar-refractivity contribution in [2.24, 2.45) is 18.0 Å². The fourth-order valence-electron chi connectivity index (χ4n) is 8.30. The van der Waals surface area contributed by atoms with Gasteiger partial charge < -0.3 is 30.5 Å². The first-order valence-electron chi connectivity index (χ1n) is 20.1. The van der Waals surface area contributed by atoms with Crippen molar-refractivity contribution in [2.75, 3.05) is 59.8 Å². The third kappa shape index (κ3) is 8.47. The van der Waals surface area contributed by atoms with Crippen LogP contribution in [-0.4, -0.2) is 90.0 Å². The number of anilines is 4. The van der Waals surface area contributed by atoms with E-state index in [1.54, 1.807) is 27.9 Å². The van der Waals surface area contributed by atoms with Gasteiger partial charge in [0.25, 0.3) is 5.91 Å². The normalized spacial score (nSPS) is 23.1. The van der Waals surface area contributed by atoms with Gasteiger partial charge in [-0.2, -0.15) is 10.1 Å². The topological polar surface area (TPSA) is 158 Å². The Hall–Kier alpha value is -5.97. The van der Waals surface area contributed by atoms with Crippen molar-refractivity contribution >= 4 is 46.4 Å². The largest absolute Gasteiger partial charge is 0.477 e. The molecule has 2 saturated heterocycles. The van der Waals surface area contributed by atoms with Gasteiger partial charge >= 0.3 is 0 Å². The molecular formula is C42H47F3N10O4. The summed E-state index contributed by atoms with van der Waals surface area (Å²) in [4.78, 5) is 50.4. The third-order valence-corrected chi connectivity index (χ3v) is 11.4. The number of rotatable bonds is 7. The van der Waals surface area contributed by atoms with Crippen LogP contribution in [0, 0.1) is 24.5 Å². The molecule has 59 heavy (non-hydrogen) atoms. The lowest BCUT2D eigenvalue weighted by atomic mass is 9.89. The van der Waals surface area contributed by atoms with Crippen molar-refractivity contribution in [1.29, 1.82) is 0 Å². The van der Waals surface area contributed by atoms with Gasteiger partial charge in [-0.15, -0.1) is 0 Å². The Kier molecular flexibility index (Phi) is 11.3. The Morgan fingerprint density at radius 3 is 2.58 bits per heavy atom. The van der Waals surface area contributed by atoms with Crippen LogP contribution in [0.25, 0.3) is 11.3 Å².